The molecule has 1 aromatic carbocycles. The van der Waals surface area contributed by atoms with Crippen LogP contribution in [0.3, 0.4) is 0 Å². The fraction of sp³-hybridized carbons (Fsp3) is 0.467. The molecule has 0 amide bonds. The molecule has 0 aliphatic rings. The lowest BCUT2D eigenvalue weighted by Gasteiger charge is -2.08. The average molecular weight is 293 g/mol. The Balaban J connectivity index is 2.41. The molecule has 1 rings (SSSR count). The highest BCUT2D eigenvalue weighted by atomic mass is 32.1. The van der Waals surface area contributed by atoms with Crippen molar-refractivity contribution in [1.82, 2.24) is 10.7 Å². The molecule has 1 aromatic rings. The summed E-state index contributed by atoms with van der Waals surface area (Å²) >= 11 is 5.16. The van der Waals surface area contributed by atoms with Gasteiger partial charge in [-0.3, -0.25) is 5.43 Å². The first-order chi connectivity index (χ1) is 9.67. The highest BCUT2D eigenvalue weighted by Crippen LogP contribution is 2.11. The van der Waals surface area contributed by atoms with E-state index in [-0.39, 0.29) is 0 Å². The van der Waals surface area contributed by atoms with Crippen molar-refractivity contribution in [1.29, 1.82) is 0 Å². The van der Waals surface area contributed by atoms with Crippen molar-refractivity contribution in [3.63, 3.8) is 0 Å². The van der Waals surface area contributed by atoms with Crippen LogP contribution in [-0.4, -0.2) is 24.5 Å². The topological polar surface area (TPSA) is 45.7 Å². The lowest BCUT2D eigenvalue weighted by molar-refractivity contribution is 0.415. The summed E-state index contributed by atoms with van der Waals surface area (Å²) in [5.41, 5.74) is 4.78. The zero-order valence-electron chi connectivity index (χ0n) is 12.4. The molecule has 0 radical (unpaired) electrons. The van der Waals surface area contributed by atoms with Gasteiger partial charge in [-0.05, 0) is 55.4 Å². The van der Waals surface area contributed by atoms with Gasteiger partial charge in [0, 0.05) is 6.54 Å². The normalized spacial score (nSPS) is 11.1. The largest absolute Gasteiger partial charge is 0.497 e. The zero-order chi connectivity index (χ0) is 14.8. The standard InChI is InChI=1S/C15H23N3OS/c1-4-5-6-11-16-15(20)18-17-12(2)13-7-9-14(19-3)10-8-13/h7-10H,4-6,11H2,1-3H3,(H2,16,18,20)/b17-12-. The number of nitrogens with one attached hydrogen (secondary N) is 2. The number of methoxy groups -OCH3 is 1. The van der Waals surface area contributed by atoms with Gasteiger partial charge in [0.15, 0.2) is 5.11 Å². The summed E-state index contributed by atoms with van der Waals surface area (Å²) in [6.07, 6.45) is 3.54. The van der Waals surface area contributed by atoms with E-state index in [4.69, 9.17) is 17.0 Å². The first-order valence-electron chi connectivity index (χ1n) is 6.90. The van der Waals surface area contributed by atoms with Crippen LogP contribution >= 0.6 is 12.2 Å². The molecular formula is C15H23N3OS. The maximum atomic E-state index is 5.16. The predicted octanol–water partition coefficient (Wildman–Crippen LogP) is 3.07. The third-order valence-corrected chi connectivity index (χ3v) is 3.13. The molecule has 0 spiro atoms. The van der Waals surface area contributed by atoms with Crippen molar-refractivity contribution in [2.24, 2.45) is 5.10 Å². The third kappa shape index (κ3) is 6.02. The van der Waals surface area contributed by atoms with Gasteiger partial charge in [-0.15, -0.1) is 0 Å². The van der Waals surface area contributed by atoms with Gasteiger partial charge in [0.2, 0.25) is 0 Å². The number of thiocarbonyl (C=S) groups is 1. The van der Waals surface area contributed by atoms with Gasteiger partial charge >= 0.3 is 0 Å². The minimum atomic E-state index is 0.564. The maximum Gasteiger partial charge on any atom is 0.186 e. The molecule has 0 saturated carbocycles. The zero-order valence-corrected chi connectivity index (χ0v) is 13.2. The number of hydrazone groups is 1. The van der Waals surface area contributed by atoms with E-state index in [1.165, 1.54) is 12.8 Å². The second-order valence-corrected chi connectivity index (χ2v) is 4.91. The van der Waals surface area contributed by atoms with Crippen molar-refractivity contribution in [3.05, 3.63) is 29.8 Å². The molecule has 110 valence electrons. The van der Waals surface area contributed by atoms with E-state index in [0.717, 1.165) is 30.0 Å². The Hall–Kier alpha value is -1.62. The molecule has 20 heavy (non-hydrogen) atoms. The Bertz CT molecular complexity index is 443. The Kier molecular flexibility index (Phi) is 7.65. The molecule has 5 heteroatoms. The summed E-state index contributed by atoms with van der Waals surface area (Å²) in [4.78, 5) is 0. The fourth-order valence-electron chi connectivity index (χ4n) is 1.65. The molecule has 0 saturated heterocycles. The maximum absolute atomic E-state index is 5.16. The third-order valence-electron chi connectivity index (χ3n) is 2.90. The minimum Gasteiger partial charge on any atom is -0.497 e. The van der Waals surface area contributed by atoms with Crippen LogP contribution in [-0.2, 0) is 0 Å². The van der Waals surface area contributed by atoms with E-state index in [1.54, 1.807) is 7.11 Å². The first kappa shape index (κ1) is 16.4. The number of benzene rings is 1. The highest BCUT2D eigenvalue weighted by molar-refractivity contribution is 7.80. The Morgan fingerprint density at radius 3 is 2.55 bits per heavy atom. The van der Waals surface area contributed by atoms with Gasteiger partial charge in [0.1, 0.15) is 5.75 Å². The van der Waals surface area contributed by atoms with Gasteiger partial charge in [0.25, 0.3) is 0 Å². The van der Waals surface area contributed by atoms with E-state index < -0.39 is 0 Å². The van der Waals surface area contributed by atoms with E-state index in [9.17, 15) is 0 Å². The van der Waals surface area contributed by atoms with Gasteiger partial charge < -0.3 is 10.1 Å². The molecule has 0 fully saturated rings. The summed E-state index contributed by atoms with van der Waals surface area (Å²) in [6, 6.07) is 7.76. The quantitative estimate of drug-likeness (QED) is 0.351. The molecular weight excluding hydrogens is 270 g/mol. The summed E-state index contributed by atoms with van der Waals surface area (Å²) < 4.78 is 5.12. The Labute approximate surface area is 126 Å². The summed E-state index contributed by atoms with van der Waals surface area (Å²) in [5, 5.41) is 7.97. The molecule has 0 heterocycles. The number of rotatable bonds is 7. The lowest BCUT2D eigenvalue weighted by atomic mass is 10.1. The summed E-state index contributed by atoms with van der Waals surface area (Å²) in [6.45, 7) is 5.00. The average Bonchev–Trinajstić information content (AvgIpc) is 2.49. The predicted molar refractivity (Wildman–Crippen MR) is 88.5 cm³/mol. The van der Waals surface area contributed by atoms with E-state index in [2.05, 4.69) is 22.8 Å². The molecule has 0 aromatic heterocycles. The highest BCUT2D eigenvalue weighted by Gasteiger charge is 1.99. The first-order valence-corrected chi connectivity index (χ1v) is 7.30. The monoisotopic (exact) mass is 293 g/mol. The van der Waals surface area contributed by atoms with Crippen molar-refractivity contribution < 1.29 is 4.74 Å². The van der Waals surface area contributed by atoms with Gasteiger partial charge in [-0.25, -0.2) is 0 Å². The molecule has 0 aliphatic carbocycles. The summed E-state index contributed by atoms with van der Waals surface area (Å²) in [5.74, 6) is 0.836. The van der Waals surface area contributed by atoms with Crippen molar-refractivity contribution in [2.45, 2.75) is 33.1 Å². The minimum absolute atomic E-state index is 0.564. The van der Waals surface area contributed by atoms with Crippen LogP contribution in [0, 0.1) is 0 Å². The fourth-order valence-corrected chi connectivity index (χ4v) is 1.80. The molecule has 0 bridgehead atoms. The summed E-state index contributed by atoms with van der Waals surface area (Å²) in [7, 11) is 1.65. The van der Waals surface area contributed by atoms with E-state index >= 15 is 0 Å². The number of hydrogen-bond acceptors (Lipinski definition) is 3. The molecule has 0 aliphatic heterocycles. The van der Waals surface area contributed by atoms with Crippen LogP contribution in [0.1, 0.15) is 38.7 Å². The van der Waals surface area contributed by atoms with Crippen molar-refractivity contribution in [3.8, 4) is 5.75 Å². The second kappa shape index (κ2) is 9.31. The van der Waals surface area contributed by atoms with E-state index in [1.807, 2.05) is 31.2 Å². The van der Waals surface area contributed by atoms with Gasteiger partial charge in [-0.1, -0.05) is 19.8 Å². The molecule has 4 nitrogen and oxygen atoms in total. The number of ether oxygens (including phenoxy) is 1. The Morgan fingerprint density at radius 2 is 1.95 bits per heavy atom. The van der Waals surface area contributed by atoms with Crippen LogP contribution in [0.4, 0.5) is 0 Å². The van der Waals surface area contributed by atoms with Crippen LogP contribution in [0.15, 0.2) is 29.4 Å². The number of hydrogen-bond donors (Lipinski definition) is 2. The van der Waals surface area contributed by atoms with Crippen molar-refractivity contribution in [2.75, 3.05) is 13.7 Å². The number of nitrogens with zero attached hydrogens (tertiary/aromatic N) is 1. The lowest BCUT2D eigenvalue weighted by Crippen LogP contribution is -2.33. The smallest absolute Gasteiger partial charge is 0.186 e. The van der Waals surface area contributed by atoms with Crippen molar-refractivity contribution >= 4 is 23.0 Å². The number of unbranched alkanes of at least 4 members (excludes halogenated alkanes) is 2. The van der Waals surface area contributed by atoms with Gasteiger partial charge in [-0.2, -0.15) is 5.10 Å². The molecule has 0 atom stereocenters. The van der Waals surface area contributed by atoms with Crippen LogP contribution in [0.25, 0.3) is 0 Å². The van der Waals surface area contributed by atoms with Crippen LogP contribution in [0.5, 0.6) is 5.75 Å². The SMILES string of the molecule is CCCCCNC(=S)N/N=C(/C)c1ccc(OC)cc1. The van der Waals surface area contributed by atoms with Crippen LogP contribution < -0.4 is 15.5 Å². The Morgan fingerprint density at radius 1 is 1.25 bits per heavy atom. The second-order valence-electron chi connectivity index (χ2n) is 4.50. The molecule has 0 unspecified atom stereocenters. The van der Waals surface area contributed by atoms with Gasteiger partial charge in [0.05, 0.1) is 12.8 Å². The van der Waals surface area contributed by atoms with E-state index in [0.29, 0.717) is 5.11 Å². The molecule has 2 N–H and O–H groups in total. The van der Waals surface area contributed by atoms with Crippen LogP contribution in [0.2, 0.25) is 0 Å².